The highest BCUT2D eigenvalue weighted by atomic mass is 19.1. The number of aryl methyl sites for hydroxylation is 1. The molecule has 1 N–H and O–H groups in total. The fourth-order valence-corrected chi connectivity index (χ4v) is 3.74. The van der Waals surface area contributed by atoms with Gasteiger partial charge in [0.15, 0.2) is 0 Å². The van der Waals surface area contributed by atoms with Gasteiger partial charge in [0, 0.05) is 45.6 Å². The van der Waals surface area contributed by atoms with Gasteiger partial charge >= 0.3 is 0 Å². The molecule has 1 amide bonds. The predicted octanol–water partition coefficient (Wildman–Crippen LogP) is 3.66. The third-order valence-corrected chi connectivity index (χ3v) is 5.44. The maximum Gasteiger partial charge on any atom is 0.295 e. The SMILES string of the molecule is COCCCN1C(=O)C(=O)/C(=C(\O)c2ccc(F)c(C)c2)C1c1ccc(N(C)C)cc1. The lowest BCUT2D eigenvalue weighted by Gasteiger charge is -2.26. The molecule has 1 aliphatic rings. The van der Waals surface area contributed by atoms with Crippen molar-refractivity contribution in [2.45, 2.75) is 19.4 Å². The summed E-state index contributed by atoms with van der Waals surface area (Å²) in [6, 6.07) is 10.9. The molecule has 0 spiro atoms. The van der Waals surface area contributed by atoms with Gasteiger partial charge in [-0.1, -0.05) is 12.1 Å². The van der Waals surface area contributed by atoms with Gasteiger partial charge in [0.05, 0.1) is 11.6 Å². The van der Waals surface area contributed by atoms with E-state index in [4.69, 9.17) is 4.74 Å². The number of amides is 1. The van der Waals surface area contributed by atoms with Crippen molar-refractivity contribution in [1.29, 1.82) is 0 Å². The summed E-state index contributed by atoms with van der Waals surface area (Å²) < 4.78 is 18.8. The fraction of sp³-hybridized carbons (Fsp3) is 0.333. The van der Waals surface area contributed by atoms with E-state index in [9.17, 15) is 19.1 Å². The Morgan fingerprint density at radius 3 is 2.42 bits per heavy atom. The van der Waals surface area contributed by atoms with Crippen molar-refractivity contribution in [3.63, 3.8) is 0 Å². The van der Waals surface area contributed by atoms with E-state index in [0.717, 1.165) is 5.69 Å². The molecule has 1 saturated heterocycles. The quantitative estimate of drug-likeness (QED) is 0.317. The summed E-state index contributed by atoms with van der Waals surface area (Å²) >= 11 is 0. The minimum atomic E-state index is -0.751. The molecule has 1 unspecified atom stereocenters. The molecule has 6 nitrogen and oxygen atoms in total. The number of carbonyl (C=O) groups is 2. The fourth-order valence-electron chi connectivity index (χ4n) is 3.74. The summed E-state index contributed by atoms with van der Waals surface area (Å²) in [6.07, 6.45) is 0.547. The lowest BCUT2D eigenvalue weighted by atomic mass is 9.94. The summed E-state index contributed by atoms with van der Waals surface area (Å²) in [5.74, 6) is -2.14. The molecule has 3 rings (SSSR count). The molecule has 7 heteroatoms. The first-order valence-corrected chi connectivity index (χ1v) is 10.1. The third kappa shape index (κ3) is 4.46. The van der Waals surface area contributed by atoms with Crippen LogP contribution >= 0.6 is 0 Å². The zero-order chi connectivity index (χ0) is 22.7. The first kappa shape index (κ1) is 22.5. The van der Waals surface area contributed by atoms with Gasteiger partial charge in [0.2, 0.25) is 0 Å². The average molecular weight is 426 g/mol. The molecule has 1 atom stereocenters. The topological polar surface area (TPSA) is 70.1 Å². The van der Waals surface area contributed by atoms with Crippen molar-refractivity contribution < 1.29 is 23.8 Å². The number of Topliss-reactive ketones (excluding diaryl/α,β-unsaturated/α-hetero) is 1. The summed E-state index contributed by atoms with van der Waals surface area (Å²) in [5, 5.41) is 11.0. The monoisotopic (exact) mass is 426 g/mol. The molecule has 0 aromatic heterocycles. The van der Waals surface area contributed by atoms with E-state index in [1.807, 2.05) is 43.3 Å². The van der Waals surface area contributed by atoms with Gasteiger partial charge in [0.1, 0.15) is 11.6 Å². The standard InChI is InChI=1S/C24H27FN2O4/c1-15-14-17(8-11-19(15)25)22(28)20-21(16-6-9-18(10-7-16)26(2)3)27(12-5-13-31-4)24(30)23(20)29/h6-11,14,21,28H,5,12-13H2,1-4H3/b22-20-. The number of hydrogen-bond donors (Lipinski definition) is 1. The van der Waals surface area contributed by atoms with E-state index >= 15 is 0 Å². The molecular weight excluding hydrogens is 399 g/mol. The van der Waals surface area contributed by atoms with Crippen LogP contribution in [0.5, 0.6) is 0 Å². The summed E-state index contributed by atoms with van der Waals surface area (Å²) in [4.78, 5) is 29.2. The van der Waals surface area contributed by atoms with Crippen LogP contribution in [0.2, 0.25) is 0 Å². The Hall–Kier alpha value is -3.19. The number of aliphatic hydroxyl groups excluding tert-OH is 1. The van der Waals surface area contributed by atoms with Crippen LogP contribution in [0.3, 0.4) is 0 Å². The smallest absolute Gasteiger partial charge is 0.295 e. The van der Waals surface area contributed by atoms with E-state index in [1.54, 1.807) is 14.0 Å². The predicted molar refractivity (Wildman–Crippen MR) is 117 cm³/mol. The zero-order valence-corrected chi connectivity index (χ0v) is 18.2. The molecular formula is C24H27FN2O4. The zero-order valence-electron chi connectivity index (χ0n) is 18.2. The van der Waals surface area contributed by atoms with Crippen LogP contribution in [0.4, 0.5) is 10.1 Å². The molecule has 164 valence electrons. The van der Waals surface area contributed by atoms with Crippen LogP contribution in [-0.2, 0) is 14.3 Å². The van der Waals surface area contributed by atoms with Gasteiger partial charge in [-0.2, -0.15) is 0 Å². The van der Waals surface area contributed by atoms with Crippen molar-refractivity contribution in [3.05, 3.63) is 70.5 Å². The minimum Gasteiger partial charge on any atom is -0.507 e. The van der Waals surface area contributed by atoms with Crippen LogP contribution < -0.4 is 4.90 Å². The third-order valence-electron chi connectivity index (χ3n) is 5.44. The van der Waals surface area contributed by atoms with Gasteiger partial charge in [-0.15, -0.1) is 0 Å². The Bertz CT molecular complexity index is 1010. The van der Waals surface area contributed by atoms with Crippen molar-refractivity contribution in [2.24, 2.45) is 0 Å². The Morgan fingerprint density at radius 1 is 1.16 bits per heavy atom. The molecule has 2 aromatic rings. The Labute approximate surface area is 181 Å². The van der Waals surface area contributed by atoms with Gasteiger partial charge in [0.25, 0.3) is 11.7 Å². The Morgan fingerprint density at radius 2 is 1.84 bits per heavy atom. The highest BCUT2D eigenvalue weighted by Gasteiger charge is 2.45. The number of benzene rings is 2. The number of anilines is 1. The number of ketones is 1. The lowest BCUT2D eigenvalue weighted by Crippen LogP contribution is -2.31. The first-order chi connectivity index (χ1) is 14.8. The number of halogens is 1. The second kappa shape index (κ2) is 9.31. The number of methoxy groups -OCH3 is 1. The van der Waals surface area contributed by atoms with Crippen LogP contribution in [0, 0.1) is 12.7 Å². The maximum absolute atomic E-state index is 13.7. The number of carbonyl (C=O) groups excluding carboxylic acids is 2. The number of aliphatic hydroxyl groups is 1. The number of rotatable bonds is 7. The van der Waals surface area contributed by atoms with E-state index in [1.165, 1.54) is 23.1 Å². The van der Waals surface area contributed by atoms with Gasteiger partial charge in [-0.05, 0) is 54.8 Å². The highest BCUT2D eigenvalue weighted by molar-refractivity contribution is 6.46. The van der Waals surface area contributed by atoms with Crippen LogP contribution in [0.15, 0.2) is 48.0 Å². The van der Waals surface area contributed by atoms with Gasteiger partial charge in [-0.3, -0.25) is 9.59 Å². The van der Waals surface area contributed by atoms with E-state index in [2.05, 4.69) is 0 Å². The summed E-state index contributed by atoms with van der Waals surface area (Å²) in [5.41, 5.74) is 2.32. The van der Waals surface area contributed by atoms with Crippen molar-refractivity contribution in [2.75, 3.05) is 39.3 Å². The van der Waals surface area contributed by atoms with Crippen molar-refractivity contribution in [1.82, 2.24) is 4.90 Å². The second-order valence-electron chi connectivity index (χ2n) is 7.79. The van der Waals surface area contributed by atoms with Gasteiger partial charge < -0.3 is 19.6 Å². The van der Waals surface area contributed by atoms with Crippen LogP contribution in [0.25, 0.3) is 5.76 Å². The molecule has 0 radical (unpaired) electrons. The largest absolute Gasteiger partial charge is 0.507 e. The normalized spacial score (nSPS) is 18.0. The Kier molecular flexibility index (Phi) is 6.75. The molecule has 0 aliphatic carbocycles. The van der Waals surface area contributed by atoms with Crippen LogP contribution in [0.1, 0.15) is 29.2 Å². The summed E-state index contributed by atoms with van der Waals surface area (Å²) in [6.45, 7) is 2.32. The summed E-state index contributed by atoms with van der Waals surface area (Å²) in [7, 11) is 5.41. The van der Waals surface area contributed by atoms with E-state index in [0.29, 0.717) is 36.3 Å². The lowest BCUT2D eigenvalue weighted by molar-refractivity contribution is -0.140. The second-order valence-corrected chi connectivity index (χ2v) is 7.79. The van der Waals surface area contributed by atoms with Crippen molar-refractivity contribution >= 4 is 23.1 Å². The number of nitrogens with zero attached hydrogens (tertiary/aromatic N) is 2. The maximum atomic E-state index is 13.7. The van der Waals surface area contributed by atoms with Crippen molar-refractivity contribution in [3.8, 4) is 0 Å². The molecule has 1 fully saturated rings. The molecule has 1 aliphatic heterocycles. The number of hydrogen-bond acceptors (Lipinski definition) is 5. The molecule has 2 aromatic carbocycles. The van der Waals surface area contributed by atoms with Crippen LogP contribution in [-0.4, -0.2) is 56.1 Å². The number of ether oxygens (including phenoxy) is 1. The van der Waals surface area contributed by atoms with E-state index < -0.39 is 23.5 Å². The first-order valence-electron chi connectivity index (χ1n) is 10.1. The molecule has 0 bridgehead atoms. The average Bonchev–Trinajstić information content (AvgIpc) is 3.00. The van der Waals surface area contributed by atoms with Gasteiger partial charge in [-0.25, -0.2) is 4.39 Å². The highest BCUT2D eigenvalue weighted by Crippen LogP contribution is 2.40. The minimum absolute atomic E-state index is 0.00558. The molecule has 0 saturated carbocycles. The molecule has 31 heavy (non-hydrogen) atoms. The molecule has 1 heterocycles. The van der Waals surface area contributed by atoms with E-state index in [-0.39, 0.29) is 11.3 Å². The Balaban J connectivity index is 2.12. The number of likely N-dealkylation sites (tertiary alicyclic amines) is 1.